The van der Waals surface area contributed by atoms with E-state index in [1.165, 1.54) is 0 Å². The van der Waals surface area contributed by atoms with Crippen molar-refractivity contribution in [1.82, 2.24) is 9.55 Å². The lowest BCUT2D eigenvalue weighted by molar-refractivity contribution is 0.355. The Morgan fingerprint density at radius 1 is 1.14 bits per heavy atom. The molecule has 0 saturated carbocycles. The van der Waals surface area contributed by atoms with Gasteiger partial charge in [0.25, 0.3) is 0 Å². The van der Waals surface area contributed by atoms with Crippen molar-refractivity contribution in [2.45, 2.75) is 45.6 Å². The molecule has 0 unspecified atom stereocenters. The molecule has 0 aliphatic heterocycles. The fraction of sp³-hybridized carbons (Fsp3) is 0.588. The molecule has 1 aromatic carbocycles. The lowest BCUT2D eigenvalue weighted by atomic mass is 10.0. The van der Waals surface area contributed by atoms with Crippen molar-refractivity contribution in [3.63, 3.8) is 0 Å². The van der Waals surface area contributed by atoms with Gasteiger partial charge in [0.15, 0.2) is 11.5 Å². The molecule has 0 atom stereocenters. The van der Waals surface area contributed by atoms with Crippen molar-refractivity contribution in [3.05, 3.63) is 18.0 Å². The van der Waals surface area contributed by atoms with Crippen LogP contribution in [0.4, 0.5) is 0 Å². The number of fused-ring (bicyclic) bond motifs is 1. The van der Waals surface area contributed by atoms with Crippen molar-refractivity contribution in [1.29, 1.82) is 0 Å². The summed E-state index contributed by atoms with van der Waals surface area (Å²) in [7, 11) is 3.31. The minimum absolute atomic E-state index is 0.460. The van der Waals surface area contributed by atoms with E-state index in [1.807, 2.05) is 12.1 Å². The summed E-state index contributed by atoms with van der Waals surface area (Å²) in [4.78, 5) is 4.88. The summed E-state index contributed by atoms with van der Waals surface area (Å²) in [6, 6.07) is 3.97. The highest BCUT2D eigenvalue weighted by atomic mass is 16.5. The number of rotatable bonds is 8. The van der Waals surface area contributed by atoms with Crippen molar-refractivity contribution < 1.29 is 9.47 Å². The number of nitrogens with zero attached hydrogens (tertiary/aromatic N) is 2. The first-order chi connectivity index (χ1) is 10.7. The summed E-state index contributed by atoms with van der Waals surface area (Å²) >= 11 is 0. The predicted octanol–water partition coefficient (Wildman–Crippen LogP) is 3.31. The van der Waals surface area contributed by atoms with Gasteiger partial charge in [0, 0.05) is 24.6 Å². The Kier molecular flexibility index (Phi) is 5.66. The molecule has 0 aliphatic rings. The quantitative estimate of drug-likeness (QED) is 0.813. The van der Waals surface area contributed by atoms with Crippen molar-refractivity contribution in [3.8, 4) is 11.5 Å². The Hall–Kier alpha value is -1.75. The van der Waals surface area contributed by atoms with E-state index < -0.39 is 0 Å². The second-order valence-corrected chi connectivity index (χ2v) is 5.47. The van der Waals surface area contributed by atoms with Crippen LogP contribution >= 0.6 is 0 Å². The number of aromatic nitrogens is 2. The lowest BCUT2D eigenvalue weighted by Crippen LogP contribution is -2.11. The highest BCUT2D eigenvalue weighted by molar-refractivity contribution is 5.80. The zero-order chi connectivity index (χ0) is 16.1. The van der Waals surface area contributed by atoms with E-state index in [0.29, 0.717) is 12.5 Å². The number of ether oxygens (including phenoxy) is 2. The molecule has 2 rings (SSSR count). The SMILES string of the molecule is CCC(CC)c1nc2cc(OC)c(OC)cc2n1CCCN. The van der Waals surface area contributed by atoms with Crippen LogP contribution in [0, 0.1) is 0 Å². The topological polar surface area (TPSA) is 62.3 Å². The smallest absolute Gasteiger partial charge is 0.163 e. The molecule has 22 heavy (non-hydrogen) atoms. The monoisotopic (exact) mass is 305 g/mol. The second-order valence-electron chi connectivity index (χ2n) is 5.47. The molecule has 0 fully saturated rings. The van der Waals surface area contributed by atoms with E-state index >= 15 is 0 Å². The molecule has 5 heteroatoms. The predicted molar refractivity (Wildman–Crippen MR) is 89.8 cm³/mol. The fourth-order valence-electron chi connectivity index (χ4n) is 2.92. The Morgan fingerprint density at radius 2 is 1.77 bits per heavy atom. The average Bonchev–Trinajstić information content (AvgIpc) is 2.90. The van der Waals surface area contributed by atoms with E-state index in [4.69, 9.17) is 20.2 Å². The first-order valence-electron chi connectivity index (χ1n) is 8.02. The molecule has 0 radical (unpaired) electrons. The highest BCUT2D eigenvalue weighted by Crippen LogP contribution is 2.34. The number of benzene rings is 1. The Morgan fingerprint density at radius 3 is 2.32 bits per heavy atom. The maximum Gasteiger partial charge on any atom is 0.163 e. The molecule has 1 heterocycles. The van der Waals surface area contributed by atoms with E-state index in [9.17, 15) is 0 Å². The van der Waals surface area contributed by atoms with Crippen LogP contribution in [0.2, 0.25) is 0 Å². The van der Waals surface area contributed by atoms with Gasteiger partial charge in [-0.3, -0.25) is 0 Å². The molecule has 2 N–H and O–H groups in total. The molecule has 1 aromatic heterocycles. The third kappa shape index (κ3) is 3.04. The van der Waals surface area contributed by atoms with Gasteiger partial charge >= 0.3 is 0 Å². The Balaban J connectivity index is 2.62. The Labute approximate surface area is 132 Å². The van der Waals surface area contributed by atoms with E-state index in [1.54, 1.807) is 14.2 Å². The van der Waals surface area contributed by atoms with Gasteiger partial charge in [-0.2, -0.15) is 0 Å². The standard InChI is InChI=1S/C17H27N3O2/c1-5-12(6-2)17-19-13-10-15(21-3)16(22-4)11-14(13)20(17)9-7-8-18/h10-12H,5-9,18H2,1-4H3. The van der Waals surface area contributed by atoms with Crippen molar-refractivity contribution in [2.24, 2.45) is 5.73 Å². The van der Waals surface area contributed by atoms with Gasteiger partial charge < -0.3 is 19.8 Å². The van der Waals surface area contributed by atoms with Crippen LogP contribution < -0.4 is 15.2 Å². The minimum Gasteiger partial charge on any atom is -0.493 e. The van der Waals surface area contributed by atoms with Gasteiger partial charge in [0.2, 0.25) is 0 Å². The van der Waals surface area contributed by atoms with Crippen LogP contribution in [0.5, 0.6) is 11.5 Å². The van der Waals surface area contributed by atoms with Gasteiger partial charge in [-0.05, 0) is 25.8 Å². The second kappa shape index (κ2) is 7.49. The lowest BCUT2D eigenvalue weighted by Gasteiger charge is -2.15. The van der Waals surface area contributed by atoms with Crippen molar-refractivity contribution in [2.75, 3.05) is 20.8 Å². The summed E-state index contributed by atoms with van der Waals surface area (Å²) in [5.41, 5.74) is 7.75. The average molecular weight is 305 g/mol. The summed E-state index contributed by atoms with van der Waals surface area (Å²) < 4.78 is 13.1. The first kappa shape index (κ1) is 16.6. The molecule has 2 aromatic rings. The van der Waals surface area contributed by atoms with Crippen LogP contribution in [0.25, 0.3) is 11.0 Å². The molecule has 5 nitrogen and oxygen atoms in total. The molecule has 0 bridgehead atoms. The van der Waals surface area contributed by atoms with Gasteiger partial charge in [0.1, 0.15) is 5.82 Å². The molecule has 122 valence electrons. The van der Waals surface area contributed by atoms with E-state index in [2.05, 4.69) is 18.4 Å². The third-order valence-corrected chi connectivity index (χ3v) is 4.22. The zero-order valence-corrected chi connectivity index (χ0v) is 14.1. The van der Waals surface area contributed by atoms with Gasteiger partial charge in [-0.25, -0.2) is 4.98 Å². The zero-order valence-electron chi connectivity index (χ0n) is 14.1. The van der Waals surface area contributed by atoms with Crippen LogP contribution in [-0.4, -0.2) is 30.3 Å². The summed E-state index contributed by atoms with van der Waals surface area (Å²) in [5.74, 6) is 3.06. The first-order valence-corrected chi connectivity index (χ1v) is 8.02. The van der Waals surface area contributed by atoms with Crippen molar-refractivity contribution >= 4 is 11.0 Å². The van der Waals surface area contributed by atoms with Gasteiger partial charge in [-0.1, -0.05) is 13.8 Å². The van der Waals surface area contributed by atoms with Crippen LogP contribution in [0.1, 0.15) is 44.9 Å². The number of aryl methyl sites for hydroxylation is 1. The highest BCUT2D eigenvalue weighted by Gasteiger charge is 2.19. The number of hydrogen-bond donors (Lipinski definition) is 1. The van der Waals surface area contributed by atoms with E-state index in [-0.39, 0.29) is 0 Å². The molecule has 0 spiro atoms. The van der Waals surface area contributed by atoms with Crippen LogP contribution in [0.3, 0.4) is 0 Å². The third-order valence-electron chi connectivity index (χ3n) is 4.22. The summed E-state index contributed by atoms with van der Waals surface area (Å²) in [6.45, 7) is 5.98. The molecule has 0 amide bonds. The number of methoxy groups -OCH3 is 2. The number of hydrogen-bond acceptors (Lipinski definition) is 4. The largest absolute Gasteiger partial charge is 0.493 e. The number of imidazole rings is 1. The Bertz CT molecular complexity index is 618. The molecule has 0 saturated heterocycles. The maximum absolute atomic E-state index is 5.70. The number of nitrogens with two attached hydrogens (primary N) is 1. The van der Waals surface area contributed by atoms with Crippen LogP contribution in [0.15, 0.2) is 12.1 Å². The van der Waals surface area contributed by atoms with Crippen LogP contribution in [-0.2, 0) is 6.54 Å². The summed E-state index contributed by atoms with van der Waals surface area (Å²) in [5, 5.41) is 0. The normalized spacial score (nSPS) is 11.4. The minimum atomic E-state index is 0.460. The molecular weight excluding hydrogens is 278 g/mol. The molecular formula is C17H27N3O2. The van der Waals surface area contributed by atoms with E-state index in [0.717, 1.165) is 54.2 Å². The summed E-state index contributed by atoms with van der Waals surface area (Å²) in [6.07, 6.45) is 3.10. The molecule has 0 aliphatic carbocycles. The fourth-order valence-corrected chi connectivity index (χ4v) is 2.92. The maximum atomic E-state index is 5.70. The van der Waals surface area contributed by atoms with Gasteiger partial charge in [-0.15, -0.1) is 0 Å². The van der Waals surface area contributed by atoms with Gasteiger partial charge in [0.05, 0.1) is 25.3 Å².